The van der Waals surface area contributed by atoms with Crippen molar-refractivity contribution in [1.82, 2.24) is 9.55 Å². The van der Waals surface area contributed by atoms with E-state index in [1.807, 2.05) is 28.8 Å². The molecule has 0 atom stereocenters. The average Bonchev–Trinajstić information content (AvgIpc) is 2.71. The first-order chi connectivity index (χ1) is 13.8. The van der Waals surface area contributed by atoms with Crippen molar-refractivity contribution in [3.63, 3.8) is 0 Å². The van der Waals surface area contributed by atoms with Crippen LogP contribution in [0.2, 0.25) is 0 Å². The van der Waals surface area contributed by atoms with Gasteiger partial charge in [0.2, 0.25) is 0 Å². The van der Waals surface area contributed by atoms with Gasteiger partial charge in [-0.05, 0) is 31.5 Å². The van der Waals surface area contributed by atoms with Gasteiger partial charge in [-0.3, -0.25) is 9.36 Å². The third-order valence-corrected chi connectivity index (χ3v) is 5.53. The van der Waals surface area contributed by atoms with Crippen molar-refractivity contribution in [2.75, 3.05) is 6.54 Å². The predicted molar refractivity (Wildman–Crippen MR) is 134 cm³/mol. The lowest BCUT2D eigenvalue weighted by molar-refractivity contribution is 0.536. The zero-order chi connectivity index (χ0) is 20.0. The van der Waals surface area contributed by atoms with Crippen LogP contribution in [0.25, 0.3) is 10.9 Å². The monoisotopic (exact) mass is 457 g/mol. The van der Waals surface area contributed by atoms with Gasteiger partial charge in [-0.25, -0.2) is 4.98 Å². The Bertz CT molecular complexity index is 749. The summed E-state index contributed by atoms with van der Waals surface area (Å²) in [5, 5.41) is 0.710. The van der Waals surface area contributed by atoms with Crippen molar-refractivity contribution >= 4 is 35.7 Å². The van der Waals surface area contributed by atoms with Crippen molar-refractivity contribution in [2.24, 2.45) is 5.73 Å². The first kappa shape index (κ1) is 28.9. The van der Waals surface area contributed by atoms with Crippen LogP contribution in [0.15, 0.2) is 29.1 Å². The summed E-state index contributed by atoms with van der Waals surface area (Å²) >= 11 is 0. The second kappa shape index (κ2) is 17.6. The van der Waals surface area contributed by atoms with E-state index in [0.29, 0.717) is 18.5 Å². The average molecular weight is 459 g/mol. The van der Waals surface area contributed by atoms with E-state index < -0.39 is 0 Å². The van der Waals surface area contributed by atoms with Gasteiger partial charge in [-0.2, -0.15) is 0 Å². The SMILES string of the molecule is CCCCCCCCCCCCCc1nc2ccccc2c(=O)n1CCCN.Cl.Cl. The van der Waals surface area contributed by atoms with E-state index in [-0.39, 0.29) is 30.4 Å². The van der Waals surface area contributed by atoms with Gasteiger partial charge >= 0.3 is 0 Å². The molecule has 0 unspecified atom stereocenters. The summed E-state index contributed by atoms with van der Waals surface area (Å²) in [6.45, 7) is 3.53. The number of unbranched alkanes of at least 4 members (excludes halogenated alkanes) is 10. The van der Waals surface area contributed by atoms with E-state index in [1.54, 1.807) is 0 Å². The number of nitrogens with two attached hydrogens (primary N) is 1. The molecule has 1 aromatic heterocycles. The quantitative estimate of drug-likeness (QED) is 0.312. The fourth-order valence-electron chi connectivity index (χ4n) is 3.83. The highest BCUT2D eigenvalue weighted by Crippen LogP contribution is 2.14. The van der Waals surface area contributed by atoms with Gasteiger partial charge in [-0.1, -0.05) is 83.3 Å². The summed E-state index contributed by atoms with van der Waals surface area (Å²) in [5.74, 6) is 0.924. The van der Waals surface area contributed by atoms with Gasteiger partial charge in [0.25, 0.3) is 5.56 Å². The number of halogens is 2. The molecule has 0 bridgehead atoms. The first-order valence-electron chi connectivity index (χ1n) is 11.5. The number of nitrogens with zero attached hydrogens (tertiary/aromatic N) is 2. The molecule has 30 heavy (non-hydrogen) atoms. The molecule has 0 spiro atoms. The highest BCUT2D eigenvalue weighted by molar-refractivity contribution is 5.85. The number of para-hydroxylation sites is 1. The van der Waals surface area contributed by atoms with Crippen LogP contribution in [0.5, 0.6) is 0 Å². The van der Waals surface area contributed by atoms with Crippen LogP contribution in [-0.2, 0) is 13.0 Å². The summed E-state index contributed by atoms with van der Waals surface area (Å²) in [7, 11) is 0. The molecule has 0 saturated carbocycles. The molecule has 0 fully saturated rings. The van der Waals surface area contributed by atoms with Crippen molar-refractivity contribution in [3.8, 4) is 0 Å². The molecule has 0 aliphatic heterocycles. The Balaban J connectivity index is 0.00000420. The molecule has 0 aliphatic rings. The van der Waals surface area contributed by atoms with E-state index in [0.717, 1.165) is 30.6 Å². The Labute approximate surface area is 194 Å². The number of rotatable bonds is 15. The molecule has 0 aliphatic carbocycles. The minimum Gasteiger partial charge on any atom is -0.330 e. The van der Waals surface area contributed by atoms with E-state index in [4.69, 9.17) is 10.7 Å². The molecule has 1 aromatic carbocycles. The summed E-state index contributed by atoms with van der Waals surface area (Å²) in [6.07, 6.45) is 16.3. The van der Waals surface area contributed by atoms with E-state index in [9.17, 15) is 4.79 Å². The molecule has 1 heterocycles. The normalized spacial score (nSPS) is 10.6. The topological polar surface area (TPSA) is 60.9 Å². The van der Waals surface area contributed by atoms with Gasteiger partial charge in [0.05, 0.1) is 10.9 Å². The maximum Gasteiger partial charge on any atom is 0.261 e. The number of fused-ring (bicyclic) bond motifs is 1. The molecule has 4 nitrogen and oxygen atoms in total. The number of benzene rings is 1. The number of aromatic nitrogens is 2. The van der Waals surface area contributed by atoms with Crippen molar-refractivity contribution in [1.29, 1.82) is 0 Å². The lowest BCUT2D eigenvalue weighted by Crippen LogP contribution is -2.26. The highest BCUT2D eigenvalue weighted by atomic mass is 35.5. The number of hydrogen-bond acceptors (Lipinski definition) is 3. The maximum atomic E-state index is 12.8. The molecule has 2 N–H and O–H groups in total. The Hall–Kier alpha value is -1.10. The second-order valence-electron chi connectivity index (χ2n) is 7.93. The molecule has 0 amide bonds. The van der Waals surface area contributed by atoms with Gasteiger partial charge in [0.1, 0.15) is 5.82 Å². The van der Waals surface area contributed by atoms with Crippen LogP contribution in [0.3, 0.4) is 0 Å². The van der Waals surface area contributed by atoms with Crippen LogP contribution in [0, 0.1) is 0 Å². The zero-order valence-corrected chi connectivity index (χ0v) is 20.2. The van der Waals surface area contributed by atoms with Crippen LogP contribution in [0.4, 0.5) is 0 Å². The summed E-state index contributed by atoms with van der Waals surface area (Å²) in [4.78, 5) is 17.6. The van der Waals surface area contributed by atoms with Gasteiger partial charge in [-0.15, -0.1) is 24.8 Å². The third-order valence-electron chi connectivity index (χ3n) is 5.53. The fraction of sp³-hybridized carbons (Fsp3) is 0.667. The lowest BCUT2D eigenvalue weighted by Gasteiger charge is -2.13. The van der Waals surface area contributed by atoms with Gasteiger partial charge in [0, 0.05) is 13.0 Å². The Morgan fingerprint density at radius 3 is 2.00 bits per heavy atom. The zero-order valence-electron chi connectivity index (χ0n) is 18.6. The third kappa shape index (κ3) is 9.80. The molecular weight excluding hydrogens is 417 g/mol. The van der Waals surface area contributed by atoms with Crippen LogP contribution < -0.4 is 11.3 Å². The molecule has 0 saturated heterocycles. The summed E-state index contributed by atoms with van der Waals surface area (Å²) < 4.78 is 1.85. The van der Waals surface area contributed by atoms with E-state index in [1.165, 1.54) is 64.2 Å². The van der Waals surface area contributed by atoms with E-state index in [2.05, 4.69) is 6.92 Å². The standard InChI is InChI=1S/C24H39N3O.2ClH/c1-2-3-4-5-6-7-8-9-10-11-12-18-23-26-22-17-14-13-16-21(22)24(28)27(23)20-15-19-25;;/h13-14,16-17H,2-12,15,18-20,25H2,1H3;2*1H. The minimum atomic E-state index is 0. The van der Waals surface area contributed by atoms with Crippen LogP contribution in [0.1, 0.15) is 89.8 Å². The van der Waals surface area contributed by atoms with Gasteiger partial charge in [0.15, 0.2) is 0 Å². The highest BCUT2D eigenvalue weighted by Gasteiger charge is 2.10. The van der Waals surface area contributed by atoms with E-state index >= 15 is 0 Å². The molecule has 172 valence electrons. The first-order valence-corrected chi connectivity index (χ1v) is 11.5. The molecule has 2 rings (SSSR count). The predicted octanol–water partition coefficient (Wildman–Crippen LogP) is 6.44. The number of aryl methyl sites for hydroxylation is 1. The van der Waals surface area contributed by atoms with Gasteiger partial charge < -0.3 is 5.73 Å². The Kier molecular flexibility index (Phi) is 16.9. The fourth-order valence-corrected chi connectivity index (χ4v) is 3.83. The van der Waals surface area contributed by atoms with Crippen molar-refractivity contribution < 1.29 is 0 Å². The summed E-state index contributed by atoms with van der Waals surface area (Å²) in [5.41, 5.74) is 6.56. The second-order valence-corrected chi connectivity index (χ2v) is 7.93. The molecule has 0 radical (unpaired) electrons. The maximum absolute atomic E-state index is 12.8. The smallest absolute Gasteiger partial charge is 0.261 e. The molecule has 6 heteroatoms. The van der Waals surface area contributed by atoms with Crippen molar-refractivity contribution in [3.05, 3.63) is 40.4 Å². The lowest BCUT2D eigenvalue weighted by atomic mass is 10.1. The Morgan fingerprint density at radius 1 is 0.833 bits per heavy atom. The Morgan fingerprint density at radius 2 is 1.40 bits per heavy atom. The summed E-state index contributed by atoms with van der Waals surface area (Å²) in [6, 6.07) is 7.66. The molecular formula is C24H41Cl2N3O. The molecule has 2 aromatic rings. The number of hydrogen-bond donors (Lipinski definition) is 1. The largest absolute Gasteiger partial charge is 0.330 e. The van der Waals surface area contributed by atoms with Crippen molar-refractivity contribution in [2.45, 2.75) is 96.9 Å². The van der Waals surface area contributed by atoms with Crippen LogP contribution >= 0.6 is 24.8 Å². The van der Waals surface area contributed by atoms with Crippen LogP contribution in [-0.4, -0.2) is 16.1 Å². The minimum absolute atomic E-state index is 0.